The van der Waals surface area contributed by atoms with E-state index in [0.29, 0.717) is 16.2 Å². The Bertz CT molecular complexity index is 766. The Hall–Kier alpha value is -1.54. The summed E-state index contributed by atoms with van der Waals surface area (Å²) in [5.74, 6) is -2.00. The fourth-order valence-electron chi connectivity index (χ4n) is 1.52. The lowest BCUT2D eigenvalue weighted by Gasteiger charge is -2.09. The van der Waals surface area contributed by atoms with Crippen LogP contribution >= 0.6 is 15.9 Å². The third kappa shape index (κ3) is 3.13. The van der Waals surface area contributed by atoms with E-state index in [2.05, 4.69) is 25.6 Å². The first kappa shape index (κ1) is 14.9. The molecule has 0 amide bonds. The second-order valence-electron chi connectivity index (χ2n) is 4.01. The lowest BCUT2D eigenvalue weighted by Crippen LogP contribution is -2.15. The molecule has 0 bridgehead atoms. The van der Waals surface area contributed by atoms with Crippen LogP contribution in [-0.2, 0) is 10.0 Å². The molecule has 2 rings (SSSR count). The molecule has 8 heteroatoms. The van der Waals surface area contributed by atoms with Crippen molar-refractivity contribution in [3.05, 3.63) is 52.3 Å². The van der Waals surface area contributed by atoms with Crippen LogP contribution in [0.3, 0.4) is 0 Å². The van der Waals surface area contributed by atoms with Crippen LogP contribution in [0.2, 0.25) is 0 Å². The number of sulfonamides is 1. The van der Waals surface area contributed by atoms with E-state index in [1.165, 1.54) is 12.3 Å². The van der Waals surface area contributed by atoms with Crippen molar-refractivity contribution in [3.63, 3.8) is 0 Å². The SMILES string of the molecule is Cc1cc(NS(=O)(=O)c2ccc(F)cc2F)cnc1Br. The second kappa shape index (κ2) is 5.45. The maximum absolute atomic E-state index is 13.5. The van der Waals surface area contributed by atoms with Crippen molar-refractivity contribution in [2.75, 3.05) is 4.72 Å². The third-order valence-corrected chi connectivity index (χ3v) is 4.69. The Balaban J connectivity index is 2.38. The fourth-order valence-corrected chi connectivity index (χ4v) is 2.83. The first-order valence-electron chi connectivity index (χ1n) is 5.39. The zero-order chi connectivity index (χ0) is 14.9. The number of nitrogens with one attached hydrogen (secondary N) is 1. The van der Waals surface area contributed by atoms with Crippen molar-refractivity contribution in [1.82, 2.24) is 4.98 Å². The van der Waals surface area contributed by atoms with Gasteiger partial charge in [-0.2, -0.15) is 0 Å². The molecule has 1 aromatic heterocycles. The first-order chi connectivity index (χ1) is 9.29. The Kier molecular flexibility index (Phi) is 4.05. The van der Waals surface area contributed by atoms with Crippen LogP contribution in [0, 0.1) is 18.6 Å². The van der Waals surface area contributed by atoms with Gasteiger partial charge in [-0.1, -0.05) is 0 Å². The van der Waals surface area contributed by atoms with Crippen LogP contribution in [0.4, 0.5) is 14.5 Å². The van der Waals surface area contributed by atoms with E-state index < -0.39 is 26.6 Å². The Labute approximate surface area is 123 Å². The van der Waals surface area contributed by atoms with Gasteiger partial charge in [0.15, 0.2) is 0 Å². The summed E-state index contributed by atoms with van der Waals surface area (Å²) in [6, 6.07) is 3.80. The molecule has 4 nitrogen and oxygen atoms in total. The largest absolute Gasteiger partial charge is 0.278 e. The molecule has 0 saturated heterocycles. The highest BCUT2D eigenvalue weighted by Crippen LogP contribution is 2.22. The van der Waals surface area contributed by atoms with Gasteiger partial charge in [0.1, 0.15) is 21.1 Å². The molecule has 0 atom stereocenters. The van der Waals surface area contributed by atoms with Crippen LogP contribution in [0.1, 0.15) is 5.56 Å². The predicted octanol–water partition coefficient (Wildman–Crippen LogP) is 3.23. The van der Waals surface area contributed by atoms with Crippen molar-refractivity contribution in [2.45, 2.75) is 11.8 Å². The number of aryl methyl sites for hydroxylation is 1. The normalized spacial score (nSPS) is 11.4. The summed E-state index contributed by atoms with van der Waals surface area (Å²) < 4.78 is 53.1. The van der Waals surface area contributed by atoms with E-state index in [1.54, 1.807) is 6.92 Å². The summed E-state index contributed by atoms with van der Waals surface area (Å²) in [5, 5.41) is 0. The molecule has 106 valence electrons. The van der Waals surface area contributed by atoms with Gasteiger partial charge < -0.3 is 0 Å². The molecular weight excluding hydrogens is 354 g/mol. The smallest absolute Gasteiger partial charge is 0.264 e. The zero-order valence-corrected chi connectivity index (χ0v) is 12.6. The molecule has 0 saturated carbocycles. The van der Waals surface area contributed by atoms with Gasteiger partial charge in [0.25, 0.3) is 10.0 Å². The Morgan fingerprint density at radius 1 is 1.25 bits per heavy atom. The van der Waals surface area contributed by atoms with Crippen LogP contribution in [0.5, 0.6) is 0 Å². The average Bonchev–Trinajstić information content (AvgIpc) is 2.33. The number of hydrogen-bond donors (Lipinski definition) is 1. The molecule has 0 aliphatic carbocycles. The summed E-state index contributed by atoms with van der Waals surface area (Å²) in [6.07, 6.45) is 1.29. The minimum absolute atomic E-state index is 0.189. The molecule has 0 spiro atoms. The average molecular weight is 363 g/mol. The number of hydrogen-bond acceptors (Lipinski definition) is 3. The summed E-state index contributed by atoms with van der Waals surface area (Å²) in [5.41, 5.74) is 0.902. The van der Waals surface area contributed by atoms with E-state index in [9.17, 15) is 17.2 Å². The molecular formula is C12H9BrF2N2O2S. The van der Waals surface area contributed by atoms with Gasteiger partial charge in [0.05, 0.1) is 11.9 Å². The number of pyridine rings is 1. The molecule has 0 radical (unpaired) electrons. The van der Waals surface area contributed by atoms with Crippen molar-refractivity contribution in [2.24, 2.45) is 0 Å². The van der Waals surface area contributed by atoms with Gasteiger partial charge in [-0.3, -0.25) is 4.72 Å². The predicted molar refractivity (Wildman–Crippen MR) is 73.8 cm³/mol. The molecule has 1 heterocycles. The van der Waals surface area contributed by atoms with E-state index in [4.69, 9.17) is 0 Å². The van der Waals surface area contributed by atoms with Crippen LogP contribution < -0.4 is 4.72 Å². The first-order valence-corrected chi connectivity index (χ1v) is 7.67. The second-order valence-corrected chi connectivity index (χ2v) is 6.41. The van der Waals surface area contributed by atoms with Crippen molar-refractivity contribution in [3.8, 4) is 0 Å². The van der Waals surface area contributed by atoms with E-state index in [-0.39, 0.29) is 5.69 Å². The van der Waals surface area contributed by atoms with Crippen LogP contribution in [-0.4, -0.2) is 13.4 Å². The van der Waals surface area contributed by atoms with Crippen molar-refractivity contribution >= 4 is 31.6 Å². The van der Waals surface area contributed by atoms with Crippen molar-refractivity contribution in [1.29, 1.82) is 0 Å². The van der Waals surface area contributed by atoms with E-state index in [0.717, 1.165) is 12.1 Å². The Morgan fingerprint density at radius 2 is 1.95 bits per heavy atom. The monoisotopic (exact) mass is 362 g/mol. The molecule has 0 fully saturated rings. The fraction of sp³-hybridized carbons (Fsp3) is 0.0833. The zero-order valence-electron chi connectivity index (χ0n) is 10.2. The lowest BCUT2D eigenvalue weighted by atomic mass is 10.3. The van der Waals surface area contributed by atoms with Crippen LogP contribution in [0.25, 0.3) is 0 Å². The maximum Gasteiger partial charge on any atom is 0.264 e. The summed E-state index contributed by atoms with van der Waals surface area (Å²) in [6.45, 7) is 1.73. The minimum Gasteiger partial charge on any atom is -0.278 e. The molecule has 1 aromatic carbocycles. The molecule has 0 aliphatic rings. The highest BCUT2D eigenvalue weighted by atomic mass is 79.9. The van der Waals surface area contributed by atoms with E-state index in [1.807, 2.05) is 0 Å². The molecule has 2 aromatic rings. The maximum atomic E-state index is 13.5. The topological polar surface area (TPSA) is 59.1 Å². The highest BCUT2D eigenvalue weighted by molar-refractivity contribution is 9.10. The number of rotatable bonds is 3. The number of benzene rings is 1. The van der Waals surface area contributed by atoms with Gasteiger partial charge in [0.2, 0.25) is 0 Å². The van der Waals surface area contributed by atoms with Crippen molar-refractivity contribution < 1.29 is 17.2 Å². The number of anilines is 1. The highest BCUT2D eigenvalue weighted by Gasteiger charge is 2.20. The van der Waals surface area contributed by atoms with Gasteiger partial charge in [0, 0.05) is 6.07 Å². The van der Waals surface area contributed by atoms with Gasteiger partial charge in [-0.25, -0.2) is 22.2 Å². The molecule has 0 unspecified atom stereocenters. The summed E-state index contributed by atoms with van der Waals surface area (Å²) in [7, 11) is -4.14. The molecule has 0 aliphatic heterocycles. The van der Waals surface area contributed by atoms with Crippen LogP contribution in [0.15, 0.2) is 40.0 Å². The molecule has 20 heavy (non-hydrogen) atoms. The quantitative estimate of drug-likeness (QED) is 0.852. The summed E-state index contributed by atoms with van der Waals surface area (Å²) in [4.78, 5) is 3.30. The Morgan fingerprint density at radius 3 is 2.55 bits per heavy atom. The standard InChI is InChI=1S/C12H9BrF2N2O2S/c1-7-4-9(6-16-12(7)13)17-20(18,19)11-3-2-8(14)5-10(11)15/h2-6,17H,1H3. The number of aromatic nitrogens is 1. The van der Waals surface area contributed by atoms with Gasteiger partial charge in [-0.05, 0) is 46.6 Å². The van der Waals surface area contributed by atoms with Gasteiger partial charge >= 0.3 is 0 Å². The third-order valence-electron chi connectivity index (χ3n) is 2.45. The number of halogens is 3. The van der Waals surface area contributed by atoms with E-state index >= 15 is 0 Å². The minimum atomic E-state index is -4.14. The number of nitrogens with zero attached hydrogens (tertiary/aromatic N) is 1. The summed E-state index contributed by atoms with van der Waals surface area (Å²) >= 11 is 3.18. The molecule has 1 N–H and O–H groups in total. The lowest BCUT2D eigenvalue weighted by molar-refractivity contribution is 0.551. The van der Waals surface area contributed by atoms with Gasteiger partial charge in [-0.15, -0.1) is 0 Å².